The number of phenols is 1. The summed E-state index contributed by atoms with van der Waals surface area (Å²) in [6.45, 7) is 5.75. The number of carbonyl (C=O) groups is 3. The Morgan fingerprint density at radius 1 is 1.24 bits per heavy atom. The van der Waals surface area contributed by atoms with E-state index in [2.05, 4.69) is 24.1 Å². The van der Waals surface area contributed by atoms with Crippen molar-refractivity contribution in [1.29, 1.82) is 0 Å². The molecule has 1 aromatic rings. The number of aromatic hydroxyl groups is 1. The van der Waals surface area contributed by atoms with Crippen molar-refractivity contribution in [2.75, 3.05) is 34.2 Å². The third kappa shape index (κ3) is 4.20. The van der Waals surface area contributed by atoms with Gasteiger partial charge in [0.25, 0.3) is 5.91 Å². The minimum absolute atomic E-state index is 0.0572. The van der Waals surface area contributed by atoms with Gasteiger partial charge in [-0.05, 0) is 64.2 Å². The Balaban J connectivity index is 1.66. The second kappa shape index (κ2) is 10.2. The average Bonchev–Trinajstić information content (AvgIpc) is 3.34. The van der Waals surface area contributed by atoms with Crippen LogP contribution in [0.25, 0.3) is 5.76 Å². The van der Waals surface area contributed by atoms with Gasteiger partial charge < -0.3 is 25.7 Å². The number of likely N-dealkylation sites (N-methyl/N-ethyl adjacent to an activating group) is 2. The van der Waals surface area contributed by atoms with Gasteiger partial charge in [-0.25, -0.2) is 4.39 Å². The lowest BCUT2D eigenvalue weighted by Crippen LogP contribution is -2.65. The average molecular weight is 572 g/mol. The lowest BCUT2D eigenvalue weighted by atomic mass is 9.57. The summed E-state index contributed by atoms with van der Waals surface area (Å²) >= 11 is 0. The van der Waals surface area contributed by atoms with Crippen molar-refractivity contribution in [3.8, 4) is 5.75 Å². The van der Waals surface area contributed by atoms with Gasteiger partial charge in [0.1, 0.15) is 28.7 Å². The highest BCUT2D eigenvalue weighted by molar-refractivity contribution is 6.24. The lowest BCUT2D eigenvalue weighted by Gasteiger charge is -2.50. The summed E-state index contributed by atoms with van der Waals surface area (Å²) < 4.78 is 16.3. The third-order valence-electron chi connectivity index (χ3n) is 9.21. The maximum atomic E-state index is 16.3. The van der Waals surface area contributed by atoms with Crippen LogP contribution in [0.2, 0.25) is 0 Å². The highest BCUT2D eigenvalue weighted by Gasteiger charge is 2.64. The molecule has 1 saturated heterocycles. The van der Waals surface area contributed by atoms with Crippen molar-refractivity contribution < 1.29 is 39.2 Å². The molecule has 41 heavy (non-hydrogen) atoms. The van der Waals surface area contributed by atoms with E-state index in [1.54, 1.807) is 14.1 Å². The molecule has 4 aliphatic rings. The third-order valence-corrected chi connectivity index (χ3v) is 9.21. The van der Waals surface area contributed by atoms with Gasteiger partial charge in [-0.2, -0.15) is 0 Å². The fourth-order valence-corrected chi connectivity index (χ4v) is 7.52. The largest absolute Gasteiger partial charge is 0.508 e. The van der Waals surface area contributed by atoms with Crippen LogP contribution in [-0.4, -0.2) is 93.6 Å². The van der Waals surface area contributed by atoms with E-state index in [0.29, 0.717) is 11.5 Å². The van der Waals surface area contributed by atoms with Gasteiger partial charge in [-0.15, -0.1) is 0 Å². The normalized spacial score (nSPS) is 30.2. The molecular formula is C30H38FN3O7. The van der Waals surface area contributed by atoms with Crippen molar-refractivity contribution in [3.63, 3.8) is 0 Å². The molecule has 1 aromatic carbocycles. The number of amides is 1. The van der Waals surface area contributed by atoms with Gasteiger partial charge >= 0.3 is 0 Å². The van der Waals surface area contributed by atoms with Gasteiger partial charge in [0.2, 0.25) is 5.78 Å². The molecule has 1 amide bonds. The predicted octanol–water partition coefficient (Wildman–Crippen LogP) is 2.16. The monoisotopic (exact) mass is 571 g/mol. The van der Waals surface area contributed by atoms with Crippen LogP contribution in [0.15, 0.2) is 23.0 Å². The highest BCUT2D eigenvalue weighted by atomic mass is 19.1. The predicted molar refractivity (Wildman–Crippen MR) is 147 cm³/mol. The molecule has 5 atom stereocenters. The highest BCUT2D eigenvalue weighted by Crippen LogP contribution is 2.53. The van der Waals surface area contributed by atoms with Crippen molar-refractivity contribution in [2.45, 2.75) is 57.2 Å². The standard InChI is InChI=1S/C30H38FN3O7/c1-13(2)12-34-8-6-7-18(34)15-11-19(35)21-16(23(15)31)9-14-10-17-24(33(4)5)26(37)22(29(40)32-3)28(39)30(17,41)27(38)20(14)25(21)36/h11,13-14,17-18,24,35-36,39,41H,6-10,12H2,1-5H3,(H,32,40)/t14-,17-,18?,24-,30-/m0/s1. The summed E-state index contributed by atoms with van der Waals surface area (Å²) in [6, 6.07) is -0.0784. The summed E-state index contributed by atoms with van der Waals surface area (Å²) in [5.74, 6) is -7.08. The van der Waals surface area contributed by atoms with E-state index in [1.165, 1.54) is 18.0 Å². The minimum atomic E-state index is -2.68. The number of aliphatic hydroxyl groups excluding tert-OH is 2. The van der Waals surface area contributed by atoms with Crippen LogP contribution in [0, 0.1) is 23.6 Å². The second-order valence-corrected chi connectivity index (χ2v) is 12.4. The van der Waals surface area contributed by atoms with Crippen LogP contribution in [0.1, 0.15) is 55.8 Å². The Hall–Kier alpha value is -3.28. The molecule has 2 fully saturated rings. The molecule has 5 rings (SSSR count). The Kier molecular flexibility index (Phi) is 7.28. The molecule has 0 radical (unpaired) electrons. The van der Waals surface area contributed by atoms with Crippen LogP contribution >= 0.6 is 0 Å². The van der Waals surface area contributed by atoms with Crippen molar-refractivity contribution in [2.24, 2.45) is 17.8 Å². The summed E-state index contributed by atoms with van der Waals surface area (Å²) in [6.07, 6.45) is 1.49. The fraction of sp³-hybridized carbons (Fsp3) is 0.567. The number of Topliss-reactive ketones (excluding diaryl/α,β-unsaturated/α-hetero) is 2. The molecule has 0 bridgehead atoms. The number of phenolic OH excluding ortho intramolecular Hbond substituents is 1. The number of fused-ring (bicyclic) bond motifs is 3. The zero-order valence-electron chi connectivity index (χ0n) is 24.0. The molecule has 1 heterocycles. The summed E-state index contributed by atoms with van der Waals surface area (Å²) in [5, 5.41) is 47.5. The van der Waals surface area contributed by atoms with E-state index in [4.69, 9.17) is 0 Å². The first kappa shape index (κ1) is 29.2. The van der Waals surface area contributed by atoms with Crippen molar-refractivity contribution in [1.82, 2.24) is 15.1 Å². The summed E-state index contributed by atoms with van der Waals surface area (Å²) in [5.41, 5.74) is -3.48. The molecule has 1 saturated carbocycles. The SMILES string of the molecule is CNC(=O)C1=C(O)[C@@]2(O)C(=O)C3=C(O)c4c(O)cc(C5CCCN5CC(C)C)c(F)c4C[C@H]3C[C@H]2[C@H](N(C)C)C1=O. The van der Waals surface area contributed by atoms with E-state index in [9.17, 15) is 34.8 Å². The second-order valence-electron chi connectivity index (χ2n) is 12.4. The number of carbonyl (C=O) groups excluding carboxylic acids is 3. The smallest absolute Gasteiger partial charge is 0.258 e. The Bertz CT molecular complexity index is 1400. The molecule has 5 N–H and O–H groups in total. The van der Waals surface area contributed by atoms with Crippen LogP contribution in [-0.2, 0) is 20.8 Å². The van der Waals surface area contributed by atoms with E-state index in [-0.39, 0.29) is 41.3 Å². The molecule has 1 unspecified atom stereocenters. The number of hydrogen-bond acceptors (Lipinski definition) is 9. The molecule has 11 heteroatoms. The number of hydrogen-bond donors (Lipinski definition) is 5. The van der Waals surface area contributed by atoms with Gasteiger partial charge in [-0.3, -0.25) is 24.2 Å². The van der Waals surface area contributed by atoms with Crippen LogP contribution in [0.4, 0.5) is 4.39 Å². The number of nitrogens with one attached hydrogen (secondary N) is 1. The zero-order valence-corrected chi connectivity index (χ0v) is 24.0. The molecule has 3 aliphatic carbocycles. The lowest BCUT2D eigenvalue weighted by molar-refractivity contribution is -0.153. The first-order chi connectivity index (χ1) is 19.2. The number of aliphatic hydroxyl groups is 3. The molecule has 0 spiro atoms. The summed E-state index contributed by atoms with van der Waals surface area (Å²) in [4.78, 5) is 43.6. The van der Waals surface area contributed by atoms with Crippen LogP contribution < -0.4 is 5.32 Å². The van der Waals surface area contributed by atoms with E-state index in [1.807, 2.05) is 0 Å². The first-order valence-electron chi connectivity index (χ1n) is 14.1. The minimum Gasteiger partial charge on any atom is -0.508 e. The maximum absolute atomic E-state index is 16.3. The van der Waals surface area contributed by atoms with E-state index >= 15 is 4.39 Å². The first-order valence-corrected chi connectivity index (χ1v) is 14.1. The van der Waals surface area contributed by atoms with Crippen LogP contribution in [0.3, 0.4) is 0 Å². The Morgan fingerprint density at radius 2 is 1.93 bits per heavy atom. The van der Waals surface area contributed by atoms with Gasteiger partial charge in [0.15, 0.2) is 11.4 Å². The van der Waals surface area contributed by atoms with E-state index < -0.39 is 63.9 Å². The number of likely N-dealkylation sites (tertiary alicyclic amines) is 1. The maximum Gasteiger partial charge on any atom is 0.258 e. The Morgan fingerprint density at radius 3 is 2.54 bits per heavy atom. The van der Waals surface area contributed by atoms with E-state index in [0.717, 1.165) is 25.9 Å². The molecule has 0 aromatic heterocycles. The van der Waals surface area contributed by atoms with Crippen molar-refractivity contribution in [3.05, 3.63) is 45.5 Å². The number of rotatable bonds is 5. The van der Waals surface area contributed by atoms with Gasteiger partial charge in [0.05, 0.1) is 11.6 Å². The molecule has 222 valence electrons. The van der Waals surface area contributed by atoms with Gasteiger partial charge in [0, 0.05) is 42.3 Å². The molecule has 1 aliphatic heterocycles. The summed E-state index contributed by atoms with van der Waals surface area (Å²) in [7, 11) is 4.37. The quantitative estimate of drug-likeness (QED) is 0.335. The number of halogens is 1. The van der Waals surface area contributed by atoms with Crippen molar-refractivity contribution >= 4 is 23.2 Å². The zero-order chi connectivity index (χ0) is 30.1. The molecule has 10 nitrogen and oxygen atoms in total. The number of benzene rings is 1. The molecular weight excluding hydrogens is 533 g/mol. The Labute approximate surface area is 238 Å². The number of nitrogens with zero attached hydrogens (tertiary/aromatic N) is 2. The van der Waals surface area contributed by atoms with Gasteiger partial charge in [-0.1, -0.05) is 13.8 Å². The fourth-order valence-electron chi connectivity index (χ4n) is 7.52. The van der Waals surface area contributed by atoms with Crippen LogP contribution in [0.5, 0.6) is 5.75 Å². The topological polar surface area (TPSA) is 151 Å². The number of ketones is 2.